The molecule has 0 saturated carbocycles. The summed E-state index contributed by atoms with van der Waals surface area (Å²) in [4.78, 5) is 14.6. The molecule has 0 aliphatic heterocycles. The standard InChI is InChI=1S/C15H11N3O2/c19-14(10-6-2-1-3-7-10)18-17-13-11-8-4-5-9-12(11)16-15(13)20/h1-9,16,20H. The van der Waals surface area contributed by atoms with Crippen molar-refractivity contribution in [1.82, 2.24) is 4.98 Å². The van der Waals surface area contributed by atoms with Crippen molar-refractivity contribution in [3.8, 4) is 5.88 Å². The van der Waals surface area contributed by atoms with Crippen molar-refractivity contribution in [3.05, 3.63) is 60.2 Å². The summed E-state index contributed by atoms with van der Waals surface area (Å²) in [5.74, 6) is -0.550. The van der Waals surface area contributed by atoms with Crippen LogP contribution in [-0.4, -0.2) is 16.0 Å². The predicted octanol–water partition coefficient (Wildman–Crippen LogP) is 3.80. The minimum Gasteiger partial charge on any atom is -0.493 e. The SMILES string of the molecule is O=C(N=Nc1c(O)[nH]c2ccccc12)c1ccccc1. The van der Waals surface area contributed by atoms with Gasteiger partial charge in [-0.25, -0.2) is 0 Å². The molecule has 5 nitrogen and oxygen atoms in total. The van der Waals surface area contributed by atoms with Crippen LogP contribution in [-0.2, 0) is 0 Å². The van der Waals surface area contributed by atoms with E-state index in [0.717, 1.165) is 10.9 Å². The highest BCUT2D eigenvalue weighted by atomic mass is 16.3. The zero-order chi connectivity index (χ0) is 13.9. The first-order valence-corrected chi connectivity index (χ1v) is 6.06. The topological polar surface area (TPSA) is 77.8 Å². The molecule has 1 aromatic heterocycles. The second kappa shape index (κ2) is 4.97. The number of hydrogen-bond donors (Lipinski definition) is 2. The molecule has 2 N–H and O–H groups in total. The lowest BCUT2D eigenvalue weighted by molar-refractivity contribution is 0.0995. The molecule has 3 rings (SSSR count). The molecule has 3 aromatic rings. The first-order chi connectivity index (χ1) is 9.75. The molecule has 2 aromatic carbocycles. The van der Waals surface area contributed by atoms with Crippen LogP contribution in [0.4, 0.5) is 5.69 Å². The molecule has 0 unspecified atom stereocenters. The molecule has 5 heteroatoms. The van der Waals surface area contributed by atoms with Gasteiger partial charge in [-0.15, -0.1) is 10.2 Å². The fraction of sp³-hybridized carbons (Fsp3) is 0. The molecule has 1 heterocycles. The first kappa shape index (κ1) is 12.1. The molecule has 0 spiro atoms. The Hall–Kier alpha value is -2.95. The third kappa shape index (κ3) is 2.16. The predicted molar refractivity (Wildman–Crippen MR) is 75.3 cm³/mol. The van der Waals surface area contributed by atoms with Crippen LogP contribution >= 0.6 is 0 Å². The molecular weight excluding hydrogens is 254 g/mol. The third-order valence-electron chi connectivity index (χ3n) is 2.92. The van der Waals surface area contributed by atoms with Crippen molar-refractivity contribution in [1.29, 1.82) is 0 Å². The number of H-pyrrole nitrogens is 1. The molecule has 0 aliphatic carbocycles. The van der Waals surface area contributed by atoms with Gasteiger partial charge >= 0.3 is 0 Å². The Kier molecular flexibility index (Phi) is 3.01. The van der Waals surface area contributed by atoms with E-state index in [1.807, 2.05) is 24.3 Å². The normalized spacial score (nSPS) is 11.2. The quantitative estimate of drug-likeness (QED) is 0.691. The average molecular weight is 265 g/mol. The highest BCUT2D eigenvalue weighted by molar-refractivity contribution is 5.96. The van der Waals surface area contributed by atoms with Gasteiger partial charge in [0.1, 0.15) is 0 Å². The number of aromatic amines is 1. The number of carbonyl (C=O) groups is 1. The molecule has 1 amide bonds. The Balaban J connectivity index is 1.95. The second-order valence-corrected chi connectivity index (χ2v) is 4.24. The van der Waals surface area contributed by atoms with E-state index in [2.05, 4.69) is 15.2 Å². The van der Waals surface area contributed by atoms with Gasteiger partial charge in [-0.3, -0.25) is 4.79 Å². The number of benzene rings is 2. The van der Waals surface area contributed by atoms with Crippen molar-refractivity contribution >= 4 is 22.5 Å². The summed E-state index contributed by atoms with van der Waals surface area (Å²) in [6.45, 7) is 0. The van der Waals surface area contributed by atoms with Gasteiger partial charge < -0.3 is 10.1 Å². The van der Waals surface area contributed by atoms with Gasteiger partial charge in [-0.1, -0.05) is 36.4 Å². The van der Waals surface area contributed by atoms with Crippen molar-refractivity contribution < 1.29 is 9.90 Å². The first-order valence-electron chi connectivity index (χ1n) is 6.06. The number of nitrogens with zero attached hydrogens (tertiary/aromatic N) is 2. The number of aromatic hydroxyl groups is 1. The minimum absolute atomic E-state index is 0.101. The number of para-hydroxylation sites is 1. The van der Waals surface area contributed by atoms with Crippen LogP contribution in [0.2, 0.25) is 0 Å². The van der Waals surface area contributed by atoms with E-state index in [1.165, 1.54) is 0 Å². The van der Waals surface area contributed by atoms with E-state index in [4.69, 9.17) is 0 Å². The summed E-state index contributed by atoms with van der Waals surface area (Å²) < 4.78 is 0. The summed E-state index contributed by atoms with van der Waals surface area (Å²) in [6, 6.07) is 15.9. The van der Waals surface area contributed by atoms with Crippen molar-refractivity contribution in [2.75, 3.05) is 0 Å². The highest BCUT2D eigenvalue weighted by Gasteiger charge is 2.10. The molecule has 0 radical (unpaired) electrons. The van der Waals surface area contributed by atoms with Crippen LogP contribution in [0.3, 0.4) is 0 Å². The van der Waals surface area contributed by atoms with Gasteiger partial charge in [-0.05, 0) is 18.2 Å². The van der Waals surface area contributed by atoms with Gasteiger partial charge in [0.2, 0.25) is 5.88 Å². The zero-order valence-electron chi connectivity index (χ0n) is 10.4. The van der Waals surface area contributed by atoms with Crippen LogP contribution in [0.5, 0.6) is 5.88 Å². The van der Waals surface area contributed by atoms with Crippen LogP contribution in [0.15, 0.2) is 64.8 Å². The number of rotatable bonds is 2. The lowest BCUT2D eigenvalue weighted by Gasteiger charge is -1.93. The van der Waals surface area contributed by atoms with E-state index in [1.54, 1.807) is 30.3 Å². The maximum absolute atomic E-state index is 11.8. The van der Waals surface area contributed by atoms with Gasteiger partial charge in [0, 0.05) is 10.9 Å². The summed E-state index contributed by atoms with van der Waals surface area (Å²) in [5, 5.41) is 18.0. The van der Waals surface area contributed by atoms with Crippen LogP contribution < -0.4 is 0 Å². The third-order valence-corrected chi connectivity index (χ3v) is 2.92. The van der Waals surface area contributed by atoms with Gasteiger partial charge in [0.15, 0.2) is 5.69 Å². The minimum atomic E-state index is -0.449. The number of nitrogens with one attached hydrogen (secondary N) is 1. The van der Waals surface area contributed by atoms with E-state index in [0.29, 0.717) is 5.56 Å². The smallest absolute Gasteiger partial charge is 0.295 e. The van der Waals surface area contributed by atoms with Crippen molar-refractivity contribution in [2.24, 2.45) is 10.2 Å². The summed E-state index contributed by atoms with van der Waals surface area (Å²) >= 11 is 0. The maximum Gasteiger partial charge on any atom is 0.295 e. The van der Waals surface area contributed by atoms with E-state index >= 15 is 0 Å². The Labute approximate surface area is 114 Å². The lowest BCUT2D eigenvalue weighted by atomic mass is 10.2. The van der Waals surface area contributed by atoms with E-state index in [9.17, 15) is 9.90 Å². The van der Waals surface area contributed by atoms with E-state index in [-0.39, 0.29) is 11.6 Å². The van der Waals surface area contributed by atoms with Crippen molar-refractivity contribution in [3.63, 3.8) is 0 Å². The summed E-state index contributed by atoms with van der Waals surface area (Å²) in [7, 11) is 0. The fourth-order valence-electron chi connectivity index (χ4n) is 1.95. The monoisotopic (exact) mass is 265 g/mol. The molecule has 0 aliphatic rings. The fourth-order valence-corrected chi connectivity index (χ4v) is 1.95. The second-order valence-electron chi connectivity index (χ2n) is 4.24. The lowest BCUT2D eigenvalue weighted by Crippen LogP contribution is -1.91. The molecule has 0 atom stereocenters. The largest absolute Gasteiger partial charge is 0.493 e. The number of carbonyl (C=O) groups excluding carboxylic acids is 1. The van der Waals surface area contributed by atoms with Crippen LogP contribution in [0, 0.1) is 0 Å². The van der Waals surface area contributed by atoms with Crippen LogP contribution in [0.1, 0.15) is 10.4 Å². The molecule has 20 heavy (non-hydrogen) atoms. The molecule has 98 valence electrons. The maximum atomic E-state index is 11.8. The van der Waals surface area contributed by atoms with Crippen molar-refractivity contribution in [2.45, 2.75) is 0 Å². The Bertz CT molecular complexity index is 791. The zero-order valence-corrected chi connectivity index (χ0v) is 10.4. The molecule has 0 fully saturated rings. The average Bonchev–Trinajstić information content (AvgIpc) is 2.81. The summed E-state index contributed by atoms with van der Waals surface area (Å²) in [5.41, 5.74) is 1.46. The number of aromatic nitrogens is 1. The number of hydrogen-bond acceptors (Lipinski definition) is 3. The van der Waals surface area contributed by atoms with Gasteiger partial charge in [0.25, 0.3) is 5.91 Å². The molecule has 0 bridgehead atoms. The van der Waals surface area contributed by atoms with Gasteiger partial charge in [-0.2, -0.15) is 0 Å². The molecule has 0 saturated heterocycles. The number of fused-ring (bicyclic) bond motifs is 1. The summed E-state index contributed by atoms with van der Waals surface area (Å²) in [6.07, 6.45) is 0. The van der Waals surface area contributed by atoms with Crippen LogP contribution in [0.25, 0.3) is 10.9 Å². The highest BCUT2D eigenvalue weighted by Crippen LogP contribution is 2.35. The Morgan fingerprint density at radius 2 is 1.70 bits per heavy atom. The number of amides is 1. The van der Waals surface area contributed by atoms with Gasteiger partial charge in [0.05, 0.1) is 5.52 Å². The molecular formula is C15H11N3O2. The number of azo groups is 1. The Morgan fingerprint density at radius 1 is 1.00 bits per heavy atom. The Morgan fingerprint density at radius 3 is 2.50 bits per heavy atom. The van der Waals surface area contributed by atoms with E-state index < -0.39 is 5.91 Å².